The van der Waals surface area contributed by atoms with E-state index in [1.807, 2.05) is 19.1 Å². The summed E-state index contributed by atoms with van der Waals surface area (Å²) in [6.45, 7) is 6.77. The van der Waals surface area contributed by atoms with Crippen molar-refractivity contribution in [3.8, 4) is 0 Å². The van der Waals surface area contributed by atoms with Crippen LogP contribution in [-0.4, -0.2) is 55.2 Å². The summed E-state index contributed by atoms with van der Waals surface area (Å²) in [6, 6.07) is 9.89. The molecule has 0 bridgehead atoms. The van der Waals surface area contributed by atoms with E-state index in [9.17, 15) is 9.18 Å². The number of fused-ring (bicyclic) bond motifs is 1. The molecule has 0 spiro atoms. The minimum Gasteiger partial charge on any atom is -0.379 e. The lowest BCUT2D eigenvalue weighted by molar-refractivity contribution is -0.118. The van der Waals surface area contributed by atoms with E-state index in [-0.39, 0.29) is 18.1 Å². The first-order chi connectivity index (χ1) is 15.0. The lowest BCUT2D eigenvalue weighted by atomic mass is 10.1. The molecule has 0 radical (unpaired) electrons. The molecule has 1 aliphatic rings. The fourth-order valence-corrected chi connectivity index (χ4v) is 4.90. The Labute approximate surface area is 190 Å². The number of nitrogens with zero attached hydrogens (tertiary/aromatic N) is 3. The number of aryl methyl sites for hydroxylation is 1. The van der Waals surface area contributed by atoms with Gasteiger partial charge in [-0.1, -0.05) is 35.1 Å². The lowest BCUT2D eigenvalue weighted by Gasteiger charge is -2.27. The van der Waals surface area contributed by atoms with Gasteiger partial charge >= 0.3 is 0 Å². The van der Waals surface area contributed by atoms with E-state index >= 15 is 0 Å². The van der Waals surface area contributed by atoms with Crippen molar-refractivity contribution in [1.29, 1.82) is 0 Å². The molecular weight excluding hydrogens is 437 g/mol. The Bertz CT molecular complexity index is 1050. The number of halogens is 2. The Morgan fingerprint density at radius 2 is 1.97 bits per heavy atom. The molecule has 3 aromatic rings. The summed E-state index contributed by atoms with van der Waals surface area (Å²) in [5.74, 6) is -0.353. The van der Waals surface area contributed by atoms with E-state index in [1.54, 1.807) is 17.0 Å². The molecule has 2 heterocycles. The summed E-state index contributed by atoms with van der Waals surface area (Å²) in [7, 11) is 0. The third kappa shape index (κ3) is 5.41. The van der Waals surface area contributed by atoms with Crippen LogP contribution in [0.1, 0.15) is 17.5 Å². The Morgan fingerprint density at radius 3 is 2.71 bits per heavy atom. The summed E-state index contributed by atoms with van der Waals surface area (Å²) in [5, 5.41) is 1.34. The largest absolute Gasteiger partial charge is 0.379 e. The number of carbonyl (C=O) groups is 1. The highest BCUT2D eigenvalue weighted by molar-refractivity contribution is 7.22. The molecule has 0 unspecified atom stereocenters. The highest BCUT2D eigenvalue weighted by Crippen LogP contribution is 2.34. The van der Waals surface area contributed by atoms with Gasteiger partial charge in [0.05, 0.1) is 29.9 Å². The molecule has 1 fully saturated rings. The fraction of sp³-hybridized carbons (Fsp3) is 0.391. The first-order valence-electron chi connectivity index (χ1n) is 10.4. The topological polar surface area (TPSA) is 45.7 Å². The van der Waals surface area contributed by atoms with Gasteiger partial charge in [0.1, 0.15) is 5.82 Å². The smallest absolute Gasteiger partial charge is 0.233 e. The average Bonchev–Trinajstić information content (AvgIpc) is 3.21. The monoisotopic (exact) mass is 461 g/mol. The Morgan fingerprint density at radius 1 is 1.23 bits per heavy atom. The van der Waals surface area contributed by atoms with Crippen molar-refractivity contribution in [3.05, 3.63) is 58.4 Å². The van der Waals surface area contributed by atoms with Gasteiger partial charge in [-0.05, 0) is 48.7 Å². The number of hydrogen-bond acceptors (Lipinski definition) is 5. The summed E-state index contributed by atoms with van der Waals surface area (Å²) in [6.07, 6.45) is 1.04. The minimum atomic E-state index is -0.308. The van der Waals surface area contributed by atoms with E-state index in [4.69, 9.17) is 21.3 Å². The van der Waals surface area contributed by atoms with Crippen LogP contribution < -0.4 is 4.90 Å². The zero-order valence-corrected chi connectivity index (χ0v) is 19.0. The lowest BCUT2D eigenvalue weighted by Crippen LogP contribution is -2.39. The minimum absolute atomic E-state index is 0.0450. The van der Waals surface area contributed by atoms with E-state index in [2.05, 4.69) is 4.90 Å². The number of anilines is 1. The number of carbonyl (C=O) groups excluding carboxylic acids is 1. The molecule has 0 N–H and O–H groups in total. The molecule has 0 atom stereocenters. The van der Waals surface area contributed by atoms with Crippen LogP contribution in [0.15, 0.2) is 36.4 Å². The molecule has 1 aliphatic heterocycles. The third-order valence-corrected chi connectivity index (χ3v) is 6.95. The molecule has 1 amide bonds. The maximum Gasteiger partial charge on any atom is 0.233 e. The number of aromatic nitrogens is 1. The Kier molecular flexibility index (Phi) is 7.17. The van der Waals surface area contributed by atoms with Crippen LogP contribution >= 0.6 is 22.9 Å². The van der Waals surface area contributed by atoms with Gasteiger partial charge in [-0.3, -0.25) is 14.6 Å². The zero-order valence-electron chi connectivity index (χ0n) is 17.4. The van der Waals surface area contributed by atoms with Crippen molar-refractivity contribution in [2.24, 2.45) is 0 Å². The van der Waals surface area contributed by atoms with Crippen LogP contribution in [0.5, 0.6) is 0 Å². The molecule has 4 rings (SSSR count). The Hall–Kier alpha value is -2.06. The van der Waals surface area contributed by atoms with Crippen molar-refractivity contribution in [3.63, 3.8) is 0 Å². The number of ether oxygens (including phenoxy) is 1. The molecule has 31 heavy (non-hydrogen) atoms. The fourth-order valence-electron chi connectivity index (χ4n) is 3.68. The average molecular weight is 462 g/mol. The molecule has 2 aromatic carbocycles. The van der Waals surface area contributed by atoms with E-state index < -0.39 is 0 Å². The SMILES string of the molecule is Cc1c(Cl)ccc2sc(N(CCCN3CCOCC3)C(=O)Cc3ccc(F)cc3)nc12. The van der Waals surface area contributed by atoms with Gasteiger partial charge in [-0.15, -0.1) is 0 Å². The summed E-state index contributed by atoms with van der Waals surface area (Å²) < 4.78 is 19.7. The van der Waals surface area contributed by atoms with Gasteiger partial charge in [0, 0.05) is 31.2 Å². The second-order valence-corrected chi connectivity index (χ2v) is 9.09. The van der Waals surface area contributed by atoms with Gasteiger partial charge < -0.3 is 4.74 Å². The van der Waals surface area contributed by atoms with Crippen molar-refractivity contribution in [1.82, 2.24) is 9.88 Å². The van der Waals surface area contributed by atoms with Crippen LogP contribution in [0.3, 0.4) is 0 Å². The highest BCUT2D eigenvalue weighted by atomic mass is 35.5. The normalized spacial score (nSPS) is 14.8. The maximum atomic E-state index is 13.3. The molecule has 1 saturated heterocycles. The third-order valence-electron chi connectivity index (χ3n) is 5.50. The second-order valence-electron chi connectivity index (χ2n) is 7.67. The number of amides is 1. The van der Waals surface area contributed by atoms with Crippen LogP contribution in [-0.2, 0) is 16.0 Å². The van der Waals surface area contributed by atoms with Gasteiger partial charge in [0.15, 0.2) is 5.13 Å². The molecule has 8 heteroatoms. The zero-order chi connectivity index (χ0) is 21.8. The number of thiazole rings is 1. The van der Waals surface area contributed by atoms with Crippen molar-refractivity contribution < 1.29 is 13.9 Å². The molecule has 5 nitrogen and oxygen atoms in total. The second kappa shape index (κ2) is 10.0. The van der Waals surface area contributed by atoms with Gasteiger partial charge in [-0.2, -0.15) is 0 Å². The molecule has 0 aliphatic carbocycles. The summed E-state index contributed by atoms with van der Waals surface area (Å²) >= 11 is 7.76. The quantitative estimate of drug-likeness (QED) is 0.512. The van der Waals surface area contributed by atoms with Gasteiger partial charge in [0.2, 0.25) is 5.91 Å². The van der Waals surface area contributed by atoms with Crippen LogP contribution in [0.25, 0.3) is 10.2 Å². The number of morpholine rings is 1. The van der Waals surface area contributed by atoms with E-state index in [0.717, 1.165) is 60.6 Å². The van der Waals surface area contributed by atoms with E-state index in [0.29, 0.717) is 16.7 Å². The number of hydrogen-bond donors (Lipinski definition) is 0. The van der Waals surface area contributed by atoms with Gasteiger partial charge in [-0.25, -0.2) is 9.37 Å². The molecule has 1 aromatic heterocycles. The van der Waals surface area contributed by atoms with Crippen molar-refractivity contribution in [2.75, 3.05) is 44.3 Å². The standard InChI is InChI=1S/C23H25ClFN3O2S/c1-16-19(24)7-8-20-22(16)26-23(31-20)28(10-2-9-27-11-13-30-14-12-27)21(29)15-17-3-5-18(25)6-4-17/h3-8H,2,9-15H2,1H3. The molecular formula is C23H25ClFN3O2S. The van der Waals surface area contributed by atoms with Crippen LogP contribution in [0.2, 0.25) is 5.02 Å². The summed E-state index contributed by atoms with van der Waals surface area (Å²) in [4.78, 5) is 22.1. The molecule has 164 valence electrons. The highest BCUT2D eigenvalue weighted by Gasteiger charge is 2.21. The molecule has 0 saturated carbocycles. The van der Waals surface area contributed by atoms with Crippen molar-refractivity contribution in [2.45, 2.75) is 19.8 Å². The van der Waals surface area contributed by atoms with Crippen LogP contribution in [0.4, 0.5) is 9.52 Å². The predicted molar refractivity (Wildman–Crippen MR) is 124 cm³/mol. The number of rotatable bonds is 7. The first-order valence-corrected chi connectivity index (χ1v) is 11.6. The number of benzene rings is 2. The van der Waals surface area contributed by atoms with Crippen molar-refractivity contribution >= 4 is 44.2 Å². The van der Waals surface area contributed by atoms with E-state index in [1.165, 1.54) is 23.5 Å². The summed E-state index contributed by atoms with van der Waals surface area (Å²) in [5.41, 5.74) is 2.53. The van der Waals surface area contributed by atoms with Gasteiger partial charge in [0.25, 0.3) is 0 Å². The Balaban J connectivity index is 1.54. The predicted octanol–water partition coefficient (Wildman–Crippen LogP) is 4.70. The first kappa shape index (κ1) is 22.1. The maximum absolute atomic E-state index is 13.3. The van der Waals surface area contributed by atoms with Crippen LogP contribution in [0, 0.1) is 12.7 Å².